The number of unbranched alkanes of at least 4 members (excludes halogenated alkanes) is 4. The van der Waals surface area contributed by atoms with Crippen LogP contribution in [-0.4, -0.2) is 44.0 Å². The molecule has 2 aliphatic rings. The summed E-state index contributed by atoms with van der Waals surface area (Å²) < 4.78 is 0. The molecule has 2 rings (SSSR count). The molecule has 10 heteroatoms. The van der Waals surface area contributed by atoms with Gasteiger partial charge in [-0.05, 0) is 37.5 Å². The molecule has 42 heavy (non-hydrogen) atoms. The summed E-state index contributed by atoms with van der Waals surface area (Å²) in [5, 5.41) is -2.17. The van der Waals surface area contributed by atoms with E-state index in [4.69, 9.17) is 56.2 Å². The summed E-state index contributed by atoms with van der Waals surface area (Å²) >= 11 is 27.1. The van der Waals surface area contributed by atoms with Crippen LogP contribution in [0.5, 0.6) is 0 Å². The van der Waals surface area contributed by atoms with Crippen molar-refractivity contribution in [2.75, 3.05) is 0 Å². The topological polar surface area (TPSA) is 86.7 Å². The van der Waals surface area contributed by atoms with E-state index in [1.165, 1.54) is 0 Å². The van der Waals surface area contributed by atoms with Crippen LogP contribution in [-0.2, 0) is 29.0 Å². The van der Waals surface area contributed by atoms with E-state index < -0.39 is 55.1 Å². The van der Waals surface area contributed by atoms with E-state index in [-0.39, 0.29) is 22.7 Å². The third-order valence-electron chi connectivity index (χ3n) is 8.57. The Balaban J connectivity index is 2.24. The summed E-state index contributed by atoms with van der Waals surface area (Å²) in [6.45, 7) is 14.6. The molecule has 0 N–H and O–H groups in total. The standard InChI is InChI=1S/C32H46Cl4O6/c1-9-11-13-15-21(37)23-29(3,4)17-19(25(33)31(23,7)35)27(39)41-42-28(40)20-18-30(5,6)24(32(8,36)26(20)34)22(38)16-14-12-10-2/h17-18,23-26H,9-16H2,1-8H3. The number of allylic oxidation sites excluding steroid dienone is 2. The summed E-state index contributed by atoms with van der Waals surface area (Å²) in [5.41, 5.74) is -1.66. The third-order valence-corrected chi connectivity index (χ3v) is 11.0. The Labute approximate surface area is 271 Å². The van der Waals surface area contributed by atoms with Crippen molar-refractivity contribution in [2.24, 2.45) is 22.7 Å². The van der Waals surface area contributed by atoms with Crippen LogP contribution < -0.4 is 0 Å². The smallest absolute Gasteiger partial charge is 0.299 e. The Bertz CT molecular complexity index is 1020. The molecule has 6 unspecified atom stereocenters. The molecule has 0 radical (unpaired) electrons. The van der Waals surface area contributed by atoms with Crippen LogP contribution in [0.15, 0.2) is 23.3 Å². The highest BCUT2D eigenvalue weighted by atomic mass is 35.5. The van der Waals surface area contributed by atoms with Crippen LogP contribution in [0.4, 0.5) is 0 Å². The van der Waals surface area contributed by atoms with Crippen molar-refractivity contribution in [3.05, 3.63) is 23.3 Å². The first-order chi connectivity index (χ1) is 19.3. The lowest BCUT2D eigenvalue weighted by Crippen LogP contribution is -2.54. The van der Waals surface area contributed by atoms with Crippen LogP contribution >= 0.6 is 46.4 Å². The molecule has 6 nitrogen and oxygen atoms in total. The van der Waals surface area contributed by atoms with Crippen molar-refractivity contribution in [3.63, 3.8) is 0 Å². The van der Waals surface area contributed by atoms with Crippen molar-refractivity contribution in [1.82, 2.24) is 0 Å². The van der Waals surface area contributed by atoms with Gasteiger partial charge in [0.1, 0.15) is 11.6 Å². The second-order valence-electron chi connectivity index (χ2n) is 13.3. The van der Waals surface area contributed by atoms with Crippen LogP contribution in [0.25, 0.3) is 0 Å². The molecule has 0 aliphatic heterocycles. The van der Waals surface area contributed by atoms with Gasteiger partial charge >= 0.3 is 11.9 Å². The number of alkyl halides is 4. The first-order valence-corrected chi connectivity index (χ1v) is 16.5. The van der Waals surface area contributed by atoms with Crippen molar-refractivity contribution in [1.29, 1.82) is 0 Å². The monoisotopic (exact) mass is 666 g/mol. The summed E-state index contributed by atoms with van der Waals surface area (Å²) in [6.07, 6.45) is 9.20. The van der Waals surface area contributed by atoms with Gasteiger partial charge in [0.05, 0.1) is 31.6 Å². The van der Waals surface area contributed by atoms with E-state index in [9.17, 15) is 19.2 Å². The molecule has 0 saturated carbocycles. The van der Waals surface area contributed by atoms with Gasteiger partial charge in [0.15, 0.2) is 0 Å². The average Bonchev–Trinajstić information content (AvgIpc) is 2.86. The minimum atomic E-state index is -1.29. The Kier molecular flexibility index (Phi) is 12.7. The predicted octanol–water partition coefficient (Wildman–Crippen LogP) is 8.66. The molecule has 0 heterocycles. The average molecular weight is 669 g/mol. The van der Waals surface area contributed by atoms with E-state index in [1.54, 1.807) is 26.0 Å². The fourth-order valence-corrected chi connectivity index (χ4v) is 8.41. The van der Waals surface area contributed by atoms with E-state index in [1.807, 2.05) is 27.7 Å². The molecule has 6 atom stereocenters. The molecule has 0 aromatic carbocycles. The van der Waals surface area contributed by atoms with E-state index >= 15 is 0 Å². The highest BCUT2D eigenvalue weighted by Crippen LogP contribution is 2.53. The Morgan fingerprint density at radius 2 is 0.952 bits per heavy atom. The number of hydrogen-bond acceptors (Lipinski definition) is 6. The minimum Gasteiger partial charge on any atom is -0.299 e. The van der Waals surface area contributed by atoms with Crippen LogP contribution in [0.3, 0.4) is 0 Å². The third kappa shape index (κ3) is 7.95. The zero-order valence-corrected chi connectivity index (χ0v) is 29.1. The van der Waals surface area contributed by atoms with Gasteiger partial charge in [-0.1, -0.05) is 79.4 Å². The molecular formula is C32H46Cl4O6. The zero-order chi connectivity index (χ0) is 32.3. The number of carbonyl (C=O) groups is 4. The largest absolute Gasteiger partial charge is 0.383 e. The summed E-state index contributed by atoms with van der Waals surface area (Å²) in [5.74, 6) is -3.32. The Morgan fingerprint density at radius 1 is 0.643 bits per heavy atom. The fraction of sp³-hybridized carbons (Fsp3) is 0.750. The molecule has 0 spiro atoms. The van der Waals surface area contributed by atoms with Crippen LogP contribution in [0.2, 0.25) is 0 Å². The van der Waals surface area contributed by atoms with E-state index in [0.29, 0.717) is 12.8 Å². The summed E-state index contributed by atoms with van der Waals surface area (Å²) in [6, 6.07) is 0. The number of rotatable bonds is 12. The molecule has 0 amide bonds. The lowest BCUT2D eigenvalue weighted by atomic mass is 9.62. The summed E-state index contributed by atoms with van der Waals surface area (Å²) in [4.78, 5) is 60.0. The molecular weight excluding hydrogens is 622 g/mol. The molecule has 0 aromatic rings. The summed E-state index contributed by atoms with van der Waals surface area (Å²) in [7, 11) is 0. The first-order valence-electron chi connectivity index (χ1n) is 14.9. The normalized spacial score (nSPS) is 31.9. The maximum absolute atomic E-state index is 13.2. The molecule has 0 bridgehead atoms. The predicted molar refractivity (Wildman–Crippen MR) is 169 cm³/mol. The molecule has 0 fully saturated rings. The SMILES string of the molecule is CCCCCC(=O)C1C(C)(C)C=C(C(=O)OOC(=O)C2=CC(C)(C)C(C(=O)CCCCC)C(C)(Cl)C2Cl)C(Cl)C1(C)Cl. The van der Waals surface area contributed by atoms with Gasteiger partial charge in [-0.25, -0.2) is 19.4 Å². The van der Waals surface area contributed by atoms with Gasteiger partial charge in [-0.3, -0.25) is 9.59 Å². The molecule has 0 aromatic heterocycles. The number of Topliss-reactive ketones (excluding diaryl/α,β-unsaturated/α-hetero) is 2. The van der Waals surface area contributed by atoms with Crippen molar-refractivity contribution in [3.8, 4) is 0 Å². The van der Waals surface area contributed by atoms with E-state index in [2.05, 4.69) is 13.8 Å². The second kappa shape index (κ2) is 14.3. The molecule has 238 valence electrons. The van der Waals surface area contributed by atoms with Gasteiger partial charge in [0, 0.05) is 24.7 Å². The van der Waals surface area contributed by atoms with Gasteiger partial charge in [-0.2, -0.15) is 0 Å². The maximum Gasteiger partial charge on any atom is 0.383 e. The number of halogens is 4. The fourth-order valence-electron chi connectivity index (χ4n) is 6.81. The highest BCUT2D eigenvalue weighted by molar-refractivity contribution is 6.37. The molecule has 2 aliphatic carbocycles. The lowest BCUT2D eigenvalue weighted by Gasteiger charge is -2.47. The Hall–Kier alpha value is -1.08. The quantitative estimate of drug-likeness (QED) is 0.0896. The van der Waals surface area contributed by atoms with Gasteiger partial charge in [-0.15, -0.1) is 46.4 Å². The number of carbonyl (C=O) groups excluding carboxylic acids is 4. The van der Waals surface area contributed by atoms with Crippen LogP contribution in [0, 0.1) is 22.7 Å². The van der Waals surface area contributed by atoms with Crippen molar-refractivity contribution < 1.29 is 29.0 Å². The number of hydrogen-bond donors (Lipinski definition) is 0. The number of ketones is 2. The van der Waals surface area contributed by atoms with Gasteiger partial charge < -0.3 is 0 Å². The maximum atomic E-state index is 13.2. The highest BCUT2D eigenvalue weighted by Gasteiger charge is 2.57. The van der Waals surface area contributed by atoms with Crippen molar-refractivity contribution in [2.45, 2.75) is 127 Å². The lowest BCUT2D eigenvalue weighted by molar-refractivity contribution is -0.252. The Morgan fingerprint density at radius 3 is 1.24 bits per heavy atom. The first kappa shape index (κ1) is 37.1. The minimum absolute atomic E-state index is 0.00938. The van der Waals surface area contributed by atoms with Crippen molar-refractivity contribution >= 4 is 69.9 Å². The van der Waals surface area contributed by atoms with E-state index in [0.717, 1.165) is 38.5 Å². The van der Waals surface area contributed by atoms with Gasteiger partial charge in [0.2, 0.25) is 0 Å². The second-order valence-corrected chi connectivity index (χ2v) is 15.8. The zero-order valence-electron chi connectivity index (χ0n) is 26.1. The van der Waals surface area contributed by atoms with Crippen LogP contribution in [0.1, 0.15) is 107 Å². The van der Waals surface area contributed by atoms with Gasteiger partial charge in [0.25, 0.3) is 0 Å². The molecule has 0 saturated heterocycles.